The third kappa shape index (κ3) is 4.92. The van der Waals surface area contributed by atoms with E-state index in [0.29, 0.717) is 18.1 Å². The van der Waals surface area contributed by atoms with Gasteiger partial charge in [0.1, 0.15) is 11.6 Å². The first-order valence-electron chi connectivity index (χ1n) is 9.66. The summed E-state index contributed by atoms with van der Waals surface area (Å²) in [6.45, 7) is 1.98. The summed E-state index contributed by atoms with van der Waals surface area (Å²) >= 11 is 0. The summed E-state index contributed by atoms with van der Waals surface area (Å²) in [6.07, 6.45) is 3.83. The summed E-state index contributed by atoms with van der Waals surface area (Å²) in [5, 5.41) is 9.58. The number of rotatable bonds is 6. The maximum absolute atomic E-state index is 12.6. The predicted molar refractivity (Wildman–Crippen MR) is 120 cm³/mol. The average Bonchev–Trinajstić information content (AvgIpc) is 3.23. The number of H-pyrrole nitrogens is 1. The molecule has 7 nitrogen and oxygen atoms in total. The van der Waals surface area contributed by atoms with Crippen molar-refractivity contribution in [1.82, 2.24) is 20.2 Å². The van der Waals surface area contributed by atoms with Gasteiger partial charge < -0.3 is 5.32 Å². The lowest BCUT2D eigenvalue weighted by Gasteiger charge is -2.10. The highest BCUT2D eigenvalue weighted by Gasteiger charge is 2.14. The predicted octanol–water partition coefficient (Wildman–Crippen LogP) is 3.76. The lowest BCUT2D eigenvalue weighted by Crippen LogP contribution is -2.14. The Bertz CT molecular complexity index is 1250. The van der Waals surface area contributed by atoms with E-state index in [2.05, 4.69) is 25.5 Å². The van der Waals surface area contributed by atoms with Crippen LogP contribution in [0.4, 0.5) is 5.82 Å². The fourth-order valence-electron chi connectivity index (χ4n) is 3.19. The fourth-order valence-corrected chi connectivity index (χ4v) is 3.74. The molecule has 1 atom stereocenters. The number of hydrogen-bond acceptors (Lipinski definition) is 5. The van der Waals surface area contributed by atoms with Gasteiger partial charge in [0.25, 0.3) is 5.91 Å². The summed E-state index contributed by atoms with van der Waals surface area (Å²) < 4.78 is 11.9. The van der Waals surface area contributed by atoms with Crippen LogP contribution in [0.15, 0.2) is 71.8 Å². The van der Waals surface area contributed by atoms with Crippen LogP contribution >= 0.6 is 0 Å². The molecule has 0 bridgehead atoms. The molecule has 0 aliphatic heterocycles. The summed E-state index contributed by atoms with van der Waals surface area (Å²) in [5.74, 6) is 0.607. The maximum atomic E-state index is 12.6. The molecule has 0 saturated carbocycles. The molecule has 0 fully saturated rings. The van der Waals surface area contributed by atoms with Gasteiger partial charge in [-0.25, -0.2) is 9.97 Å². The molecule has 4 aromatic rings. The molecular weight excluding hydrogens is 410 g/mol. The second-order valence-electron chi connectivity index (χ2n) is 7.08. The molecule has 2 aromatic heterocycles. The van der Waals surface area contributed by atoms with Gasteiger partial charge in [0.2, 0.25) is 5.82 Å². The number of hydrogen-bond donors (Lipinski definition) is 2. The van der Waals surface area contributed by atoms with Gasteiger partial charge in [0, 0.05) is 34.6 Å². The molecule has 2 aromatic carbocycles. The lowest BCUT2D eigenvalue weighted by atomic mass is 10.0. The number of carbonyl (C=O) groups excluding carboxylic acids is 1. The molecule has 0 saturated heterocycles. The van der Waals surface area contributed by atoms with Gasteiger partial charge in [-0.1, -0.05) is 36.4 Å². The monoisotopic (exact) mass is 431 g/mol. The molecule has 156 valence electrons. The molecule has 1 amide bonds. The van der Waals surface area contributed by atoms with E-state index < -0.39 is 16.7 Å². The van der Waals surface area contributed by atoms with Gasteiger partial charge >= 0.3 is 0 Å². The van der Waals surface area contributed by atoms with Crippen LogP contribution in [-0.4, -0.2) is 36.5 Å². The van der Waals surface area contributed by atoms with Crippen LogP contribution in [-0.2, 0) is 17.2 Å². The van der Waals surface area contributed by atoms with Gasteiger partial charge in [0.05, 0.1) is 0 Å². The van der Waals surface area contributed by atoms with Crippen LogP contribution in [0.5, 0.6) is 0 Å². The minimum absolute atomic E-state index is 0.0534. The van der Waals surface area contributed by atoms with Crippen molar-refractivity contribution in [3.05, 3.63) is 89.6 Å². The third-order valence-electron chi connectivity index (χ3n) is 4.80. The zero-order valence-electron chi connectivity index (χ0n) is 17.1. The smallest absolute Gasteiger partial charge is 0.296 e. The van der Waals surface area contributed by atoms with E-state index in [9.17, 15) is 9.00 Å². The number of pyridine rings is 1. The van der Waals surface area contributed by atoms with E-state index in [0.717, 1.165) is 27.1 Å². The summed E-state index contributed by atoms with van der Waals surface area (Å²) in [4.78, 5) is 21.9. The highest BCUT2D eigenvalue weighted by molar-refractivity contribution is 7.84. The van der Waals surface area contributed by atoms with Crippen LogP contribution in [0.25, 0.3) is 11.1 Å². The first-order chi connectivity index (χ1) is 15.0. The van der Waals surface area contributed by atoms with E-state index in [1.54, 1.807) is 18.5 Å². The Hall–Kier alpha value is -3.65. The van der Waals surface area contributed by atoms with Crippen molar-refractivity contribution in [2.24, 2.45) is 0 Å². The first-order valence-corrected chi connectivity index (χ1v) is 11.2. The van der Waals surface area contributed by atoms with E-state index in [-0.39, 0.29) is 5.82 Å². The van der Waals surface area contributed by atoms with Crippen molar-refractivity contribution in [1.29, 1.82) is 0 Å². The van der Waals surface area contributed by atoms with Crippen molar-refractivity contribution < 1.29 is 9.00 Å². The molecule has 0 radical (unpaired) electrons. The van der Waals surface area contributed by atoms with Gasteiger partial charge in [-0.15, -0.1) is 5.10 Å². The Labute approximate surface area is 182 Å². The standard InChI is InChI=1S/C23H21N5O2S/c1-15-8-9-18(31(2)30)14-19(15)17-10-11-24-20(13-17)26-23(29)22-25-21(27-28-22)12-16-6-4-3-5-7-16/h3-11,13-14H,12H2,1-2H3,(H,24,26,29)(H,25,27,28). The van der Waals surface area contributed by atoms with Crippen molar-refractivity contribution in [3.8, 4) is 11.1 Å². The zero-order valence-corrected chi connectivity index (χ0v) is 17.9. The normalized spacial score (nSPS) is 11.8. The topological polar surface area (TPSA) is 101 Å². The SMILES string of the molecule is Cc1ccc(S(C)=O)cc1-c1ccnc(NC(=O)c2n[nH]c(Cc3ccccc3)n2)c1. The second-order valence-corrected chi connectivity index (χ2v) is 8.46. The Kier molecular flexibility index (Phi) is 5.99. The Morgan fingerprint density at radius 3 is 2.68 bits per heavy atom. The highest BCUT2D eigenvalue weighted by Crippen LogP contribution is 2.27. The van der Waals surface area contributed by atoms with Gasteiger partial charge in [-0.2, -0.15) is 0 Å². The Morgan fingerprint density at radius 1 is 1.10 bits per heavy atom. The van der Waals surface area contributed by atoms with E-state index in [1.807, 2.05) is 61.5 Å². The molecule has 2 heterocycles. The van der Waals surface area contributed by atoms with Crippen LogP contribution < -0.4 is 5.32 Å². The quantitative estimate of drug-likeness (QED) is 0.484. The van der Waals surface area contributed by atoms with Gasteiger partial charge in [-0.05, 0) is 53.4 Å². The van der Waals surface area contributed by atoms with Crippen LogP contribution in [0.2, 0.25) is 0 Å². The summed E-state index contributed by atoms with van der Waals surface area (Å²) in [5.41, 5.74) is 3.92. The third-order valence-corrected chi connectivity index (χ3v) is 5.72. The number of nitrogens with zero attached hydrogens (tertiary/aromatic N) is 3. The summed E-state index contributed by atoms with van der Waals surface area (Å²) in [6, 6.07) is 19.2. The van der Waals surface area contributed by atoms with Crippen molar-refractivity contribution in [2.75, 3.05) is 11.6 Å². The lowest BCUT2D eigenvalue weighted by molar-refractivity contribution is 0.101. The number of benzene rings is 2. The molecular formula is C23H21N5O2S. The number of amides is 1. The maximum Gasteiger partial charge on any atom is 0.296 e. The average molecular weight is 432 g/mol. The molecule has 31 heavy (non-hydrogen) atoms. The highest BCUT2D eigenvalue weighted by atomic mass is 32.2. The molecule has 8 heteroatoms. The largest absolute Gasteiger partial charge is 0.304 e. The van der Waals surface area contributed by atoms with E-state index >= 15 is 0 Å². The Morgan fingerprint density at radius 2 is 1.90 bits per heavy atom. The minimum Gasteiger partial charge on any atom is -0.304 e. The zero-order chi connectivity index (χ0) is 21.8. The van der Waals surface area contributed by atoms with Gasteiger partial charge in [0.15, 0.2) is 0 Å². The number of anilines is 1. The van der Waals surface area contributed by atoms with Crippen molar-refractivity contribution in [3.63, 3.8) is 0 Å². The molecule has 0 aliphatic carbocycles. The number of nitrogens with one attached hydrogen (secondary N) is 2. The van der Waals surface area contributed by atoms with Crippen molar-refractivity contribution >= 4 is 22.5 Å². The first kappa shape index (κ1) is 20.6. The fraction of sp³-hybridized carbons (Fsp3) is 0.130. The molecule has 0 aliphatic rings. The van der Waals surface area contributed by atoms with Crippen LogP contribution in [0, 0.1) is 6.92 Å². The number of aromatic nitrogens is 4. The molecule has 1 unspecified atom stereocenters. The van der Waals surface area contributed by atoms with E-state index in [1.165, 1.54) is 0 Å². The number of carbonyl (C=O) groups is 1. The van der Waals surface area contributed by atoms with Crippen LogP contribution in [0.3, 0.4) is 0 Å². The van der Waals surface area contributed by atoms with Crippen LogP contribution in [0.1, 0.15) is 27.6 Å². The second kappa shape index (κ2) is 9.01. The molecule has 2 N–H and O–H groups in total. The number of aromatic amines is 1. The minimum atomic E-state index is -1.08. The van der Waals surface area contributed by atoms with Crippen molar-refractivity contribution in [2.45, 2.75) is 18.2 Å². The summed E-state index contributed by atoms with van der Waals surface area (Å²) in [7, 11) is -1.08. The number of aryl methyl sites for hydroxylation is 1. The Balaban J connectivity index is 1.51. The van der Waals surface area contributed by atoms with Gasteiger partial charge in [-0.3, -0.25) is 14.1 Å². The van der Waals surface area contributed by atoms with E-state index in [4.69, 9.17) is 0 Å². The molecule has 0 spiro atoms. The molecule has 4 rings (SSSR count).